The van der Waals surface area contributed by atoms with Gasteiger partial charge in [-0.2, -0.15) is 0 Å². The minimum Gasteiger partial charge on any atom is -0.392 e. The monoisotopic (exact) mass is 258 g/mol. The van der Waals surface area contributed by atoms with Gasteiger partial charge in [0.05, 0.1) is 6.61 Å². The van der Waals surface area contributed by atoms with E-state index in [2.05, 4.69) is 4.98 Å². The summed E-state index contributed by atoms with van der Waals surface area (Å²) < 4.78 is 61.1. The number of aliphatic hydroxyl groups is 1. The molecule has 1 rings (SSSR count). The fraction of sp³-hybridized carbons (Fsp3) is 0.400. The Morgan fingerprint density at radius 2 is 1.60 bits per heavy atom. The number of nitrogens with one attached hydrogen (secondary N) is 1. The van der Waals surface area contributed by atoms with Gasteiger partial charge in [0.1, 0.15) is 18.9 Å². The first kappa shape index (κ1) is 14.2. The van der Waals surface area contributed by atoms with Crippen molar-refractivity contribution >= 4 is 7.81 Å². The second-order valence-electron chi connectivity index (χ2n) is 2.53. The van der Waals surface area contributed by atoms with Gasteiger partial charge in [-0.25, -0.2) is 4.57 Å². The van der Waals surface area contributed by atoms with Crippen LogP contribution in [-0.4, -0.2) is 16.7 Å². The zero-order valence-electron chi connectivity index (χ0n) is 7.26. The summed E-state index contributed by atoms with van der Waals surface area (Å²) in [5, 5.41) is 8.40. The predicted molar refractivity (Wildman–Crippen MR) is 41.6 cm³/mol. The van der Waals surface area contributed by atoms with Crippen LogP contribution in [0.1, 0.15) is 0 Å². The fourth-order valence-electron chi connectivity index (χ4n) is 0.575. The molecule has 92 valence electrons. The molecule has 1 aromatic rings. The number of aliphatic hydroxyl groups excluding tert-OH is 1. The van der Waals surface area contributed by atoms with Crippen LogP contribution in [0.15, 0.2) is 18.7 Å². The van der Waals surface area contributed by atoms with Crippen LogP contribution in [0, 0.1) is 0 Å². The van der Waals surface area contributed by atoms with Gasteiger partial charge in [0, 0.05) is 0 Å². The Hall–Kier alpha value is -0.820. The number of nitrogens with zero attached hydrogens (tertiary/aromatic N) is 1. The Morgan fingerprint density at radius 1 is 1.13 bits per heavy atom. The fourth-order valence-corrected chi connectivity index (χ4v) is 0.575. The van der Waals surface area contributed by atoms with Crippen LogP contribution in [0.5, 0.6) is 0 Å². The van der Waals surface area contributed by atoms with Crippen molar-refractivity contribution in [2.45, 2.75) is 6.54 Å². The topological polar surface area (TPSA) is 39.9 Å². The first-order valence-corrected chi connectivity index (χ1v) is 5.60. The Morgan fingerprint density at radius 3 is 1.87 bits per heavy atom. The largest absolute Gasteiger partial charge is 0.392 e. The van der Waals surface area contributed by atoms with E-state index >= 15 is 0 Å². The molecule has 0 aliphatic heterocycles. The summed E-state index contributed by atoms with van der Waals surface area (Å²) in [6.07, 6.45) is 5.49. The van der Waals surface area contributed by atoms with Crippen LogP contribution in [0.4, 0.5) is 25.2 Å². The smallest absolute Gasteiger partial charge is 0.241 e. The zero-order chi connectivity index (χ0) is 12.2. The van der Waals surface area contributed by atoms with Crippen LogP contribution in [0.25, 0.3) is 0 Å². The van der Waals surface area contributed by atoms with Crippen molar-refractivity contribution in [2.24, 2.45) is 0 Å². The van der Waals surface area contributed by atoms with E-state index in [1.165, 1.54) is 0 Å². The van der Waals surface area contributed by atoms with E-state index in [1.54, 1.807) is 6.33 Å². The van der Waals surface area contributed by atoms with E-state index in [1.807, 2.05) is 17.0 Å². The van der Waals surface area contributed by atoms with E-state index in [4.69, 9.17) is 5.11 Å². The van der Waals surface area contributed by atoms with Crippen LogP contribution in [0.3, 0.4) is 0 Å². The average molecular weight is 258 g/mol. The number of H-pyrrole nitrogens is 1. The van der Waals surface area contributed by atoms with Crippen LogP contribution in [0.2, 0.25) is 0 Å². The SMILES string of the molecule is F[P-](F)(F)(F)(F)F.OCC[n+]1cc[nH]c1. The molecule has 0 aromatic carbocycles. The third-order valence-corrected chi connectivity index (χ3v) is 0.961. The van der Waals surface area contributed by atoms with Crippen molar-refractivity contribution in [3.8, 4) is 0 Å². The third kappa shape index (κ3) is 19.5. The summed E-state index contributed by atoms with van der Waals surface area (Å²) >= 11 is 0. The Bertz CT molecular complexity index is 280. The summed E-state index contributed by atoms with van der Waals surface area (Å²) in [5.41, 5.74) is 0. The van der Waals surface area contributed by atoms with E-state index < -0.39 is 7.81 Å². The summed E-state index contributed by atoms with van der Waals surface area (Å²) in [6.45, 7) is 0.867. The molecular weight excluding hydrogens is 249 g/mol. The average Bonchev–Trinajstić information content (AvgIpc) is 2.32. The molecule has 10 heteroatoms. The van der Waals surface area contributed by atoms with Crippen LogP contribution in [-0.2, 0) is 6.54 Å². The molecule has 0 fully saturated rings. The van der Waals surface area contributed by atoms with Gasteiger partial charge in [0.25, 0.3) is 0 Å². The molecule has 0 atom stereocenters. The minimum absolute atomic E-state index is 0.197. The van der Waals surface area contributed by atoms with Crippen molar-refractivity contribution in [1.82, 2.24) is 4.98 Å². The molecule has 0 saturated carbocycles. The normalized spacial score (nSPS) is 15.9. The number of hydrogen-bond acceptors (Lipinski definition) is 1. The van der Waals surface area contributed by atoms with E-state index in [0.29, 0.717) is 6.54 Å². The first-order chi connectivity index (χ1) is 6.38. The molecule has 0 saturated heterocycles. The van der Waals surface area contributed by atoms with Gasteiger partial charge in [0.2, 0.25) is 6.33 Å². The molecule has 0 unspecified atom stereocenters. The van der Waals surface area contributed by atoms with E-state index in [9.17, 15) is 25.2 Å². The minimum atomic E-state index is -10.7. The number of aromatic amines is 1. The maximum atomic E-state index is 9.87. The summed E-state index contributed by atoms with van der Waals surface area (Å²) in [4.78, 5) is 2.87. The van der Waals surface area contributed by atoms with Crippen molar-refractivity contribution in [3.63, 3.8) is 0 Å². The van der Waals surface area contributed by atoms with Crippen molar-refractivity contribution in [1.29, 1.82) is 0 Å². The summed E-state index contributed by atoms with van der Waals surface area (Å²) in [5.74, 6) is 0. The number of imidazole rings is 1. The maximum absolute atomic E-state index is 10.7. The molecule has 0 amide bonds. The van der Waals surface area contributed by atoms with Gasteiger partial charge >= 0.3 is 33.0 Å². The molecule has 1 heterocycles. The van der Waals surface area contributed by atoms with Crippen molar-refractivity contribution in [2.75, 3.05) is 6.61 Å². The predicted octanol–water partition coefficient (Wildman–Crippen LogP) is 2.68. The molecule has 2 N–H and O–H groups in total. The second-order valence-corrected chi connectivity index (χ2v) is 4.45. The number of hydrogen-bond donors (Lipinski definition) is 2. The Balaban J connectivity index is 0.000000265. The number of aromatic nitrogens is 2. The summed E-state index contributed by atoms with van der Waals surface area (Å²) in [7, 11) is -10.7. The molecule has 0 aliphatic carbocycles. The van der Waals surface area contributed by atoms with Gasteiger partial charge < -0.3 is 5.11 Å². The Kier molecular flexibility index (Phi) is 3.44. The van der Waals surface area contributed by atoms with Crippen LogP contribution < -0.4 is 4.57 Å². The van der Waals surface area contributed by atoms with Gasteiger partial charge in [-0.1, -0.05) is 0 Å². The maximum Gasteiger partial charge on any atom is 0.241 e. The molecule has 15 heavy (non-hydrogen) atoms. The first-order valence-electron chi connectivity index (χ1n) is 3.57. The van der Waals surface area contributed by atoms with Gasteiger partial charge in [-0.3, -0.25) is 4.98 Å². The molecule has 0 bridgehead atoms. The molecule has 0 radical (unpaired) electrons. The quantitative estimate of drug-likeness (QED) is 0.478. The second kappa shape index (κ2) is 3.64. The summed E-state index contributed by atoms with van der Waals surface area (Å²) in [6, 6.07) is 0. The van der Waals surface area contributed by atoms with Gasteiger partial charge in [-0.05, 0) is 0 Å². The van der Waals surface area contributed by atoms with Gasteiger partial charge in [0.15, 0.2) is 0 Å². The Labute approximate surface area is 80.6 Å². The molecular formula is C5H9F6N2OP. The van der Waals surface area contributed by atoms with Crippen molar-refractivity contribution in [3.05, 3.63) is 18.7 Å². The van der Waals surface area contributed by atoms with E-state index in [0.717, 1.165) is 0 Å². The van der Waals surface area contributed by atoms with Crippen LogP contribution >= 0.6 is 7.81 Å². The number of halogens is 6. The third-order valence-electron chi connectivity index (χ3n) is 0.961. The molecule has 3 nitrogen and oxygen atoms in total. The van der Waals surface area contributed by atoms with Gasteiger partial charge in [-0.15, -0.1) is 0 Å². The standard InChI is InChI=1S/C5H8N2O.F6P/c8-4-3-7-2-1-6-5-7;1-7(2,3,4,5)6/h1-2,5,8H,3-4H2;/q;-1/p+1. The molecule has 0 aliphatic rings. The van der Waals surface area contributed by atoms with Crippen molar-refractivity contribution < 1.29 is 34.9 Å². The zero-order valence-corrected chi connectivity index (χ0v) is 8.15. The molecule has 1 aromatic heterocycles. The number of rotatable bonds is 2. The van der Waals surface area contributed by atoms with E-state index in [-0.39, 0.29) is 6.61 Å². The molecule has 0 spiro atoms.